The van der Waals surface area contributed by atoms with E-state index in [1.54, 1.807) is 6.92 Å². The lowest BCUT2D eigenvalue weighted by molar-refractivity contribution is 0.410. The molecule has 0 aromatic rings. The summed E-state index contributed by atoms with van der Waals surface area (Å²) in [5.41, 5.74) is 0.281. The third-order valence-corrected chi connectivity index (χ3v) is 0.914. The first-order valence-electron chi connectivity index (χ1n) is 2.60. The molecule has 0 aromatic heterocycles. The normalized spacial score (nSPS) is 10.9. The summed E-state index contributed by atoms with van der Waals surface area (Å²) in [7, 11) is 1.47. The van der Waals surface area contributed by atoms with E-state index in [0.717, 1.165) is 0 Å². The molecule has 1 N–H and O–H groups in total. The summed E-state index contributed by atoms with van der Waals surface area (Å²) in [4.78, 5) is 3.79. The Morgan fingerprint density at radius 1 is 1.70 bits per heavy atom. The van der Waals surface area contributed by atoms with Crippen molar-refractivity contribution < 1.29 is 4.74 Å². The lowest BCUT2D eigenvalue weighted by atomic mass is 10.4. The second kappa shape index (κ2) is 4.22. The van der Waals surface area contributed by atoms with E-state index in [1.165, 1.54) is 7.11 Å². The molecule has 10 heavy (non-hydrogen) atoms. The van der Waals surface area contributed by atoms with Gasteiger partial charge >= 0.3 is 0 Å². The number of halogens is 1. The zero-order chi connectivity index (χ0) is 8.15. The summed E-state index contributed by atoms with van der Waals surface area (Å²) in [6.07, 6.45) is 0. The van der Waals surface area contributed by atoms with Gasteiger partial charge in [-0.1, -0.05) is 6.58 Å². The standard InChI is InChI=1S/C6H9BrN2O/c1-4(8)6(10-3)9-5(2)7/h8H,2H2,1,3H3. The fourth-order valence-corrected chi connectivity index (χ4v) is 0.554. The van der Waals surface area contributed by atoms with E-state index in [4.69, 9.17) is 10.1 Å². The van der Waals surface area contributed by atoms with E-state index in [1.807, 2.05) is 0 Å². The summed E-state index contributed by atoms with van der Waals surface area (Å²) in [5.74, 6) is 0.280. The molecule has 0 aliphatic heterocycles. The molecule has 0 bridgehead atoms. The van der Waals surface area contributed by atoms with Crippen LogP contribution < -0.4 is 0 Å². The Hall–Kier alpha value is -0.640. The molecular weight excluding hydrogens is 196 g/mol. The van der Waals surface area contributed by atoms with Crippen LogP contribution in [0.2, 0.25) is 0 Å². The van der Waals surface area contributed by atoms with Crippen molar-refractivity contribution in [3.8, 4) is 0 Å². The molecule has 0 spiro atoms. The third-order valence-electron chi connectivity index (χ3n) is 0.737. The Labute approximate surface area is 68.4 Å². The number of rotatable bonds is 2. The molecule has 0 atom stereocenters. The largest absolute Gasteiger partial charge is 0.480 e. The monoisotopic (exact) mass is 204 g/mol. The third kappa shape index (κ3) is 3.40. The van der Waals surface area contributed by atoms with Gasteiger partial charge in [-0.05, 0) is 22.9 Å². The molecule has 0 saturated heterocycles. The predicted molar refractivity (Wildman–Crippen MR) is 45.9 cm³/mol. The quantitative estimate of drug-likeness (QED) is 0.418. The second-order valence-electron chi connectivity index (χ2n) is 1.62. The van der Waals surface area contributed by atoms with Crippen LogP contribution in [0.5, 0.6) is 0 Å². The zero-order valence-electron chi connectivity index (χ0n) is 5.94. The van der Waals surface area contributed by atoms with Crippen molar-refractivity contribution in [3.63, 3.8) is 0 Å². The molecule has 0 amide bonds. The molecule has 0 unspecified atom stereocenters. The maximum Gasteiger partial charge on any atom is 0.235 e. The Balaban J connectivity index is 4.34. The van der Waals surface area contributed by atoms with Crippen molar-refractivity contribution in [1.29, 1.82) is 5.41 Å². The summed E-state index contributed by atoms with van der Waals surface area (Å²) in [6.45, 7) is 5.07. The first-order valence-corrected chi connectivity index (χ1v) is 3.40. The predicted octanol–water partition coefficient (Wildman–Crippen LogP) is 1.94. The Morgan fingerprint density at radius 2 is 2.20 bits per heavy atom. The van der Waals surface area contributed by atoms with Crippen LogP contribution in [0.3, 0.4) is 0 Å². The highest BCUT2D eigenvalue weighted by molar-refractivity contribution is 9.11. The van der Waals surface area contributed by atoms with E-state index in [0.29, 0.717) is 4.61 Å². The molecule has 4 heteroatoms. The van der Waals surface area contributed by atoms with Crippen molar-refractivity contribution in [1.82, 2.24) is 0 Å². The van der Waals surface area contributed by atoms with Crippen LogP contribution in [0.25, 0.3) is 0 Å². The summed E-state index contributed by atoms with van der Waals surface area (Å²) < 4.78 is 5.21. The van der Waals surface area contributed by atoms with Gasteiger partial charge in [0, 0.05) is 0 Å². The Morgan fingerprint density at radius 3 is 2.30 bits per heavy atom. The number of hydrogen-bond acceptors (Lipinski definition) is 3. The molecule has 0 aromatic carbocycles. The zero-order valence-corrected chi connectivity index (χ0v) is 7.53. The molecule has 3 nitrogen and oxygen atoms in total. The number of nitrogens with zero attached hydrogens (tertiary/aromatic N) is 1. The fraction of sp³-hybridized carbons (Fsp3) is 0.333. The highest BCUT2D eigenvalue weighted by Crippen LogP contribution is 2.02. The van der Waals surface area contributed by atoms with Gasteiger partial charge in [-0.15, -0.1) is 0 Å². The van der Waals surface area contributed by atoms with Crippen molar-refractivity contribution >= 4 is 27.5 Å². The van der Waals surface area contributed by atoms with Gasteiger partial charge in [-0.2, -0.15) is 0 Å². The smallest absolute Gasteiger partial charge is 0.235 e. The molecule has 0 saturated carbocycles. The Bertz CT molecular complexity index is 186. The van der Waals surface area contributed by atoms with Gasteiger partial charge in [-0.25, -0.2) is 4.99 Å². The number of aliphatic imine (C=N–C) groups is 1. The molecule has 0 aliphatic carbocycles. The van der Waals surface area contributed by atoms with Crippen molar-refractivity contribution in [2.75, 3.05) is 7.11 Å². The van der Waals surface area contributed by atoms with E-state index >= 15 is 0 Å². The lowest BCUT2D eigenvalue weighted by Gasteiger charge is -1.99. The number of methoxy groups -OCH3 is 1. The van der Waals surface area contributed by atoms with E-state index in [-0.39, 0.29) is 11.6 Å². The highest BCUT2D eigenvalue weighted by Gasteiger charge is 1.99. The van der Waals surface area contributed by atoms with E-state index < -0.39 is 0 Å². The van der Waals surface area contributed by atoms with Crippen molar-refractivity contribution in [2.24, 2.45) is 4.99 Å². The first kappa shape index (κ1) is 9.36. The molecule has 0 rings (SSSR count). The molecule has 0 radical (unpaired) electrons. The molecule has 56 valence electrons. The van der Waals surface area contributed by atoms with Crippen LogP contribution in [0.4, 0.5) is 0 Å². The summed E-state index contributed by atoms with van der Waals surface area (Å²) in [6, 6.07) is 0. The average Bonchev–Trinajstić information content (AvgIpc) is 1.81. The minimum absolute atomic E-state index is 0.280. The van der Waals surface area contributed by atoms with Crippen LogP contribution in [0, 0.1) is 5.41 Å². The fourth-order valence-electron chi connectivity index (χ4n) is 0.393. The topological polar surface area (TPSA) is 45.4 Å². The van der Waals surface area contributed by atoms with Gasteiger partial charge in [0.1, 0.15) is 4.61 Å². The summed E-state index contributed by atoms with van der Waals surface area (Å²) >= 11 is 3.03. The lowest BCUT2D eigenvalue weighted by Crippen LogP contribution is -2.10. The van der Waals surface area contributed by atoms with Gasteiger partial charge in [0.05, 0.1) is 12.8 Å². The highest BCUT2D eigenvalue weighted by atomic mass is 79.9. The van der Waals surface area contributed by atoms with Crippen LogP contribution in [-0.2, 0) is 4.74 Å². The van der Waals surface area contributed by atoms with Gasteiger partial charge < -0.3 is 4.74 Å². The van der Waals surface area contributed by atoms with Gasteiger partial charge in [0.15, 0.2) is 0 Å². The number of nitrogens with one attached hydrogen (secondary N) is 1. The van der Waals surface area contributed by atoms with E-state index in [2.05, 4.69) is 27.5 Å². The van der Waals surface area contributed by atoms with Gasteiger partial charge in [0.25, 0.3) is 0 Å². The second-order valence-corrected chi connectivity index (χ2v) is 2.54. The minimum atomic E-state index is 0.280. The minimum Gasteiger partial charge on any atom is -0.480 e. The van der Waals surface area contributed by atoms with Gasteiger partial charge in [-0.3, -0.25) is 5.41 Å². The van der Waals surface area contributed by atoms with Crippen molar-refractivity contribution in [2.45, 2.75) is 6.92 Å². The number of ether oxygens (including phenoxy) is 1. The molecule has 0 heterocycles. The van der Waals surface area contributed by atoms with Crippen LogP contribution in [-0.4, -0.2) is 18.7 Å². The molecular formula is C6H9BrN2O. The van der Waals surface area contributed by atoms with Crippen LogP contribution in [0.1, 0.15) is 6.92 Å². The molecule has 0 fully saturated rings. The van der Waals surface area contributed by atoms with Crippen LogP contribution in [0.15, 0.2) is 16.2 Å². The maximum absolute atomic E-state index is 7.13. The maximum atomic E-state index is 7.13. The van der Waals surface area contributed by atoms with Gasteiger partial charge in [0.2, 0.25) is 5.90 Å². The number of hydrogen-bond donors (Lipinski definition) is 1. The Kier molecular flexibility index (Phi) is 3.95. The van der Waals surface area contributed by atoms with E-state index in [9.17, 15) is 0 Å². The first-order chi connectivity index (χ1) is 4.57. The van der Waals surface area contributed by atoms with Crippen LogP contribution >= 0.6 is 15.9 Å². The SMILES string of the molecule is C=C(Br)N=C(OC)C(C)=N. The average molecular weight is 205 g/mol. The summed E-state index contributed by atoms with van der Waals surface area (Å²) in [5, 5.41) is 7.13. The van der Waals surface area contributed by atoms with Crippen molar-refractivity contribution in [3.05, 3.63) is 11.2 Å². The molecule has 0 aliphatic rings.